The van der Waals surface area contributed by atoms with Crippen molar-refractivity contribution in [2.45, 2.75) is 38.8 Å². The number of rotatable bonds is 6. The van der Waals surface area contributed by atoms with Gasteiger partial charge in [0.15, 0.2) is 5.96 Å². The number of ether oxygens (including phenoxy) is 1. The van der Waals surface area contributed by atoms with Crippen LogP contribution in [0.3, 0.4) is 0 Å². The summed E-state index contributed by atoms with van der Waals surface area (Å²) in [5.41, 5.74) is 0.915. The molecule has 2 rings (SSSR count). The van der Waals surface area contributed by atoms with Crippen molar-refractivity contribution >= 4 is 35.8 Å². The van der Waals surface area contributed by atoms with Gasteiger partial charge < -0.3 is 20.3 Å². The Hall–Kier alpha value is -1.09. The van der Waals surface area contributed by atoms with Gasteiger partial charge in [-0.1, -0.05) is 6.07 Å². The molecule has 2 heterocycles. The Bertz CT molecular complexity index is 512. The summed E-state index contributed by atoms with van der Waals surface area (Å²) in [4.78, 5) is 11.1. The molecule has 0 atom stereocenters. The number of pyridine rings is 1. The molecule has 1 aliphatic rings. The second-order valence-electron chi connectivity index (χ2n) is 6.46. The molecule has 24 heavy (non-hydrogen) atoms. The first-order valence-electron chi connectivity index (χ1n) is 8.23. The minimum absolute atomic E-state index is 0. The Kier molecular flexibility index (Phi) is 8.75. The fourth-order valence-corrected chi connectivity index (χ4v) is 2.43. The lowest BCUT2D eigenvalue weighted by Crippen LogP contribution is -2.45. The van der Waals surface area contributed by atoms with Crippen molar-refractivity contribution in [3.63, 3.8) is 0 Å². The summed E-state index contributed by atoms with van der Waals surface area (Å²) in [6, 6.07) is 4.23. The first-order valence-corrected chi connectivity index (χ1v) is 8.23. The summed E-state index contributed by atoms with van der Waals surface area (Å²) < 4.78 is 5.40. The van der Waals surface area contributed by atoms with Crippen LogP contribution in [0.2, 0.25) is 0 Å². The van der Waals surface area contributed by atoms with E-state index in [0.717, 1.165) is 30.4 Å². The van der Waals surface area contributed by atoms with Gasteiger partial charge in [-0.2, -0.15) is 0 Å². The number of guanidine groups is 1. The van der Waals surface area contributed by atoms with E-state index in [4.69, 9.17) is 4.74 Å². The van der Waals surface area contributed by atoms with Crippen molar-refractivity contribution in [2.75, 3.05) is 38.7 Å². The molecule has 7 heteroatoms. The van der Waals surface area contributed by atoms with Gasteiger partial charge in [0.05, 0.1) is 5.60 Å². The molecule has 0 amide bonds. The van der Waals surface area contributed by atoms with Gasteiger partial charge in [0.1, 0.15) is 5.82 Å². The Morgan fingerprint density at radius 1 is 1.29 bits per heavy atom. The quantitative estimate of drug-likeness (QED) is 0.399. The smallest absolute Gasteiger partial charge is 0.191 e. The lowest BCUT2D eigenvalue weighted by atomic mass is 10.1. The minimum Gasteiger partial charge on any atom is -0.377 e. The van der Waals surface area contributed by atoms with E-state index in [1.54, 1.807) is 14.2 Å². The van der Waals surface area contributed by atoms with E-state index in [0.29, 0.717) is 13.1 Å². The molecule has 0 spiro atoms. The molecule has 136 valence electrons. The maximum absolute atomic E-state index is 5.40. The molecule has 0 radical (unpaired) electrons. The summed E-state index contributed by atoms with van der Waals surface area (Å²) in [5, 5.41) is 6.57. The number of hydrogen-bond acceptors (Lipinski definition) is 4. The molecule has 0 unspecified atom stereocenters. The molecule has 6 nitrogen and oxygen atoms in total. The number of anilines is 1. The molecule has 0 aliphatic carbocycles. The molecule has 1 aliphatic heterocycles. The van der Waals surface area contributed by atoms with E-state index >= 15 is 0 Å². The summed E-state index contributed by atoms with van der Waals surface area (Å²) >= 11 is 0. The molecular weight excluding hydrogens is 417 g/mol. The normalized spacial score (nSPS) is 15.2. The van der Waals surface area contributed by atoms with E-state index in [9.17, 15) is 0 Å². The molecule has 0 aromatic carbocycles. The highest BCUT2D eigenvalue weighted by Gasteiger charge is 2.16. The number of hydrogen-bond donors (Lipinski definition) is 2. The fourth-order valence-electron chi connectivity index (χ4n) is 2.43. The highest BCUT2D eigenvalue weighted by Crippen LogP contribution is 2.17. The van der Waals surface area contributed by atoms with Crippen LogP contribution in [0.25, 0.3) is 0 Å². The zero-order chi connectivity index (χ0) is 16.7. The molecule has 0 saturated carbocycles. The van der Waals surface area contributed by atoms with Gasteiger partial charge in [-0.05, 0) is 38.3 Å². The van der Waals surface area contributed by atoms with Crippen molar-refractivity contribution in [2.24, 2.45) is 4.99 Å². The zero-order valence-corrected chi connectivity index (χ0v) is 17.5. The van der Waals surface area contributed by atoms with Gasteiger partial charge in [-0.15, -0.1) is 24.0 Å². The van der Waals surface area contributed by atoms with Crippen LogP contribution >= 0.6 is 24.0 Å². The predicted molar refractivity (Wildman–Crippen MR) is 110 cm³/mol. The van der Waals surface area contributed by atoms with E-state index < -0.39 is 0 Å². The molecule has 0 bridgehead atoms. The maximum Gasteiger partial charge on any atom is 0.191 e. The molecule has 1 fully saturated rings. The lowest BCUT2D eigenvalue weighted by Gasteiger charge is -2.24. The SMILES string of the molecule is CN=C(NCc1ccc(N2CCCC2)nc1)NCC(C)(C)OC.I. The number of nitrogens with one attached hydrogen (secondary N) is 2. The van der Waals surface area contributed by atoms with E-state index in [2.05, 4.69) is 37.6 Å². The third-order valence-corrected chi connectivity index (χ3v) is 4.16. The monoisotopic (exact) mass is 447 g/mol. The molecule has 2 N–H and O–H groups in total. The topological polar surface area (TPSA) is 61.8 Å². The van der Waals surface area contributed by atoms with Gasteiger partial charge in [0, 0.05) is 46.5 Å². The van der Waals surface area contributed by atoms with Gasteiger partial charge in [-0.3, -0.25) is 4.99 Å². The lowest BCUT2D eigenvalue weighted by molar-refractivity contribution is 0.0268. The number of halogens is 1. The Morgan fingerprint density at radius 2 is 2.00 bits per heavy atom. The third-order valence-electron chi connectivity index (χ3n) is 4.16. The van der Waals surface area contributed by atoms with Crippen molar-refractivity contribution in [1.82, 2.24) is 15.6 Å². The molecular formula is C17H30IN5O. The maximum atomic E-state index is 5.40. The second-order valence-corrected chi connectivity index (χ2v) is 6.46. The van der Waals surface area contributed by atoms with Crippen molar-refractivity contribution in [1.29, 1.82) is 0 Å². The Labute approximate surface area is 162 Å². The molecule has 1 saturated heterocycles. The zero-order valence-electron chi connectivity index (χ0n) is 15.1. The van der Waals surface area contributed by atoms with E-state index in [-0.39, 0.29) is 29.6 Å². The van der Waals surface area contributed by atoms with Crippen LogP contribution in [0.1, 0.15) is 32.3 Å². The number of aromatic nitrogens is 1. The van der Waals surface area contributed by atoms with Crippen molar-refractivity contribution in [3.8, 4) is 0 Å². The van der Waals surface area contributed by atoms with Crippen LogP contribution in [0.5, 0.6) is 0 Å². The fraction of sp³-hybridized carbons (Fsp3) is 0.647. The number of aliphatic imine (C=N–C) groups is 1. The Balaban J connectivity index is 0.00000288. The molecule has 1 aromatic rings. The largest absolute Gasteiger partial charge is 0.377 e. The second kappa shape index (κ2) is 10.0. The first-order chi connectivity index (χ1) is 11.0. The average molecular weight is 447 g/mol. The van der Waals surface area contributed by atoms with Gasteiger partial charge in [-0.25, -0.2) is 4.98 Å². The number of nitrogens with zero attached hydrogens (tertiary/aromatic N) is 3. The van der Waals surface area contributed by atoms with E-state index in [1.807, 2.05) is 20.0 Å². The van der Waals surface area contributed by atoms with Crippen molar-refractivity contribution in [3.05, 3.63) is 23.9 Å². The Morgan fingerprint density at radius 3 is 2.54 bits per heavy atom. The van der Waals surface area contributed by atoms with Crippen LogP contribution in [0.4, 0.5) is 5.82 Å². The van der Waals surface area contributed by atoms with Crippen LogP contribution in [-0.2, 0) is 11.3 Å². The summed E-state index contributed by atoms with van der Waals surface area (Å²) in [7, 11) is 3.48. The predicted octanol–water partition coefficient (Wildman–Crippen LogP) is 2.39. The van der Waals surface area contributed by atoms with E-state index in [1.165, 1.54) is 12.8 Å². The third kappa shape index (κ3) is 6.43. The first kappa shape index (κ1) is 21.0. The van der Waals surface area contributed by atoms with Crippen LogP contribution < -0.4 is 15.5 Å². The highest BCUT2D eigenvalue weighted by atomic mass is 127. The summed E-state index contributed by atoms with van der Waals surface area (Å²) in [6.07, 6.45) is 4.47. The standard InChI is InChI=1S/C17H29N5O.HI/c1-17(2,23-4)13-21-16(18-3)20-12-14-7-8-15(19-11-14)22-9-5-6-10-22;/h7-8,11H,5-6,9-10,12-13H2,1-4H3,(H2,18,20,21);1H. The van der Waals surface area contributed by atoms with Gasteiger partial charge in [0.2, 0.25) is 0 Å². The van der Waals surface area contributed by atoms with Crippen LogP contribution in [0.15, 0.2) is 23.3 Å². The average Bonchev–Trinajstić information content (AvgIpc) is 3.10. The van der Waals surface area contributed by atoms with Crippen molar-refractivity contribution < 1.29 is 4.74 Å². The highest BCUT2D eigenvalue weighted by molar-refractivity contribution is 14.0. The molecule has 1 aromatic heterocycles. The van der Waals surface area contributed by atoms with Gasteiger partial charge >= 0.3 is 0 Å². The number of methoxy groups -OCH3 is 1. The minimum atomic E-state index is -0.226. The van der Waals surface area contributed by atoms with Gasteiger partial charge in [0.25, 0.3) is 0 Å². The summed E-state index contributed by atoms with van der Waals surface area (Å²) in [5.74, 6) is 1.84. The van der Waals surface area contributed by atoms with Crippen LogP contribution in [0, 0.1) is 0 Å². The van der Waals surface area contributed by atoms with Crippen LogP contribution in [-0.4, -0.2) is 50.3 Å². The summed E-state index contributed by atoms with van der Waals surface area (Å²) in [6.45, 7) is 7.70.